The van der Waals surface area contributed by atoms with Crippen molar-refractivity contribution in [3.8, 4) is 5.75 Å². The van der Waals surface area contributed by atoms with Crippen molar-refractivity contribution in [3.63, 3.8) is 0 Å². The normalized spacial score (nSPS) is 16.8. The maximum absolute atomic E-state index is 10.7. The van der Waals surface area contributed by atoms with E-state index in [9.17, 15) is 5.11 Å². The molecule has 0 radical (unpaired) electrons. The van der Waals surface area contributed by atoms with Crippen LogP contribution in [-0.4, -0.2) is 36.2 Å². The van der Waals surface area contributed by atoms with Crippen molar-refractivity contribution in [2.45, 2.75) is 51.6 Å². The van der Waals surface area contributed by atoms with Crippen molar-refractivity contribution >= 4 is 0 Å². The van der Waals surface area contributed by atoms with E-state index in [-0.39, 0.29) is 0 Å². The minimum atomic E-state index is -0.452. The van der Waals surface area contributed by atoms with Gasteiger partial charge < -0.3 is 14.7 Å². The summed E-state index contributed by atoms with van der Waals surface area (Å²) in [5, 5.41) is 10.7. The number of likely N-dealkylation sites (tertiary alicyclic amines) is 1. The van der Waals surface area contributed by atoms with Gasteiger partial charge in [-0.15, -0.1) is 0 Å². The van der Waals surface area contributed by atoms with Crippen LogP contribution in [0.3, 0.4) is 0 Å². The Morgan fingerprint density at radius 2 is 1.53 bits per heavy atom. The topological polar surface area (TPSA) is 32.7 Å². The van der Waals surface area contributed by atoms with Gasteiger partial charge >= 0.3 is 0 Å². The summed E-state index contributed by atoms with van der Waals surface area (Å²) in [6.45, 7) is 7.94. The minimum absolute atomic E-state index is 0.446. The van der Waals surface area contributed by atoms with E-state index in [1.165, 1.54) is 29.5 Å². The lowest BCUT2D eigenvalue weighted by molar-refractivity contribution is 0.120. The number of nitrogens with zero attached hydrogens (tertiary/aromatic N) is 1. The van der Waals surface area contributed by atoms with Crippen LogP contribution in [0.1, 0.15) is 67.4 Å². The molecule has 0 aliphatic carbocycles. The molecule has 3 nitrogen and oxygen atoms in total. The number of rotatable bonds is 10. The van der Waals surface area contributed by atoms with Crippen LogP contribution >= 0.6 is 0 Å². The Labute approximate surface area is 205 Å². The van der Waals surface area contributed by atoms with E-state index in [4.69, 9.17) is 4.74 Å². The van der Waals surface area contributed by atoms with Gasteiger partial charge in [0.1, 0.15) is 5.75 Å². The number of aliphatic hydroxyl groups excluding tert-OH is 1. The second kappa shape index (κ2) is 12.2. The zero-order valence-corrected chi connectivity index (χ0v) is 20.7. The van der Waals surface area contributed by atoms with Crippen LogP contribution in [0.2, 0.25) is 0 Å². The van der Waals surface area contributed by atoms with E-state index in [1.807, 2.05) is 31.2 Å². The fraction of sp³-hybridized carbons (Fsp3) is 0.419. The van der Waals surface area contributed by atoms with Crippen LogP contribution < -0.4 is 4.74 Å². The summed E-state index contributed by atoms with van der Waals surface area (Å²) in [7, 11) is 0. The fourth-order valence-corrected chi connectivity index (χ4v) is 5.32. The van der Waals surface area contributed by atoms with E-state index in [2.05, 4.69) is 66.4 Å². The molecule has 1 saturated heterocycles. The molecule has 0 aromatic heterocycles. The van der Waals surface area contributed by atoms with Crippen molar-refractivity contribution in [1.29, 1.82) is 0 Å². The molecule has 0 amide bonds. The van der Waals surface area contributed by atoms with Crippen LogP contribution in [-0.2, 0) is 6.42 Å². The average molecular weight is 458 g/mol. The lowest BCUT2D eigenvalue weighted by Gasteiger charge is -2.37. The number of hydrogen-bond acceptors (Lipinski definition) is 3. The first-order chi connectivity index (χ1) is 16.7. The van der Waals surface area contributed by atoms with Gasteiger partial charge in [-0.25, -0.2) is 0 Å². The number of aryl methyl sites for hydroxylation is 1. The molecule has 1 aliphatic rings. The van der Waals surface area contributed by atoms with E-state index in [0.29, 0.717) is 18.4 Å². The number of aliphatic hydroxyl groups is 1. The molecule has 2 atom stereocenters. The zero-order chi connectivity index (χ0) is 23.8. The molecular weight excluding hydrogens is 418 g/mol. The Balaban J connectivity index is 1.36. The minimum Gasteiger partial charge on any atom is -0.494 e. The van der Waals surface area contributed by atoms with Crippen LogP contribution in [0.5, 0.6) is 5.75 Å². The standard InChI is InChI=1S/C31H39NO2/c1-3-24-13-15-26(16-14-24)31(25-9-6-5-7-10-25)27-17-20-32(21-18-27)22-19-30(33)28-11-8-12-29(23-28)34-4-2/h5-16,23,27,30-31,33H,3-4,17-22H2,1-2H3. The third-order valence-electron chi connectivity index (χ3n) is 7.28. The van der Waals surface area contributed by atoms with E-state index in [0.717, 1.165) is 43.8 Å². The molecule has 180 valence electrons. The second-order valence-corrected chi connectivity index (χ2v) is 9.47. The summed E-state index contributed by atoms with van der Waals surface area (Å²) < 4.78 is 5.59. The number of benzene rings is 3. The van der Waals surface area contributed by atoms with Crippen molar-refractivity contribution in [3.05, 3.63) is 101 Å². The molecule has 1 heterocycles. The molecule has 0 saturated carbocycles. The predicted octanol–water partition coefficient (Wildman–Crippen LogP) is 6.62. The lowest BCUT2D eigenvalue weighted by Crippen LogP contribution is -2.37. The molecule has 1 aliphatic heterocycles. The summed E-state index contributed by atoms with van der Waals surface area (Å²) in [5.74, 6) is 1.92. The second-order valence-electron chi connectivity index (χ2n) is 9.47. The number of ether oxygens (including phenoxy) is 1. The van der Waals surface area contributed by atoms with E-state index >= 15 is 0 Å². The maximum atomic E-state index is 10.7. The highest BCUT2D eigenvalue weighted by Crippen LogP contribution is 2.38. The lowest BCUT2D eigenvalue weighted by atomic mass is 9.76. The summed E-state index contributed by atoms with van der Waals surface area (Å²) in [6, 6.07) is 28.2. The predicted molar refractivity (Wildman–Crippen MR) is 140 cm³/mol. The van der Waals surface area contributed by atoms with Crippen LogP contribution in [0.15, 0.2) is 78.9 Å². The van der Waals surface area contributed by atoms with Crippen LogP contribution in [0.4, 0.5) is 0 Å². The third kappa shape index (κ3) is 6.28. The van der Waals surface area contributed by atoms with Crippen molar-refractivity contribution < 1.29 is 9.84 Å². The quantitative estimate of drug-likeness (QED) is 0.371. The summed E-state index contributed by atoms with van der Waals surface area (Å²) >= 11 is 0. The van der Waals surface area contributed by atoms with Crippen molar-refractivity contribution in [2.75, 3.05) is 26.2 Å². The first kappa shape index (κ1) is 24.5. The monoisotopic (exact) mass is 457 g/mol. The maximum Gasteiger partial charge on any atom is 0.119 e. The van der Waals surface area contributed by atoms with Crippen molar-refractivity contribution in [1.82, 2.24) is 4.90 Å². The molecule has 3 heteroatoms. The van der Waals surface area contributed by atoms with Crippen molar-refractivity contribution in [2.24, 2.45) is 5.92 Å². The first-order valence-electron chi connectivity index (χ1n) is 12.9. The number of hydrogen-bond donors (Lipinski definition) is 1. The highest BCUT2D eigenvalue weighted by Gasteiger charge is 2.29. The SMILES string of the molecule is CCOc1cccc(C(O)CCN2CCC(C(c3ccccc3)c3ccc(CC)cc3)CC2)c1. The first-order valence-corrected chi connectivity index (χ1v) is 12.9. The molecule has 34 heavy (non-hydrogen) atoms. The van der Waals surface area contributed by atoms with Gasteiger partial charge in [0.25, 0.3) is 0 Å². The Kier molecular flexibility index (Phi) is 8.79. The largest absolute Gasteiger partial charge is 0.494 e. The van der Waals surface area contributed by atoms with Gasteiger partial charge in [0, 0.05) is 12.5 Å². The Bertz CT molecular complexity index is 993. The molecule has 3 aromatic rings. The van der Waals surface area contributed by atoms with Gasteiger partial charge in [-0.1, -0.05) is 73.7 Å². The van der Waals surface area contributed by atoms with E-state index in [1.54, 1.807) is 0 Å². The van der Waals surface area contributed by atoms with Gasteiger partial charge in [-0.3, -0.25) is 0 Å². The molecule has 1 fully saturated rings. The van der Waals surface area contributed by atoms with Gasteiger partial charge in [0.05, 0.1) is 12.7 Å². The highest BCUT2D eigenvalue weighted by molar-refractivity contribution is 5.35. The van der Waals surface area contributed by atoms with Gasteiger partial charge in [-0.05, 0) is 86.0 Å². The van der Waals surface area contributed by atoms with Gasteiger partial charge in [0.2, 0.25) is 0 Å². The molecule has 4 rings (SSSR count). The molecule has 2 unspecified atom stereocenters. The molecule has 0 bridgehead atoms. The average Bonchev–Trinajstić information content (AvgIpc) is 2.89. The Morgan fingerprint density at radius 1 is 0.853 bits per heavy atom. The third-order valence-corrected chi connectivity index (χ3v) is 7.28. The summed E-state index contributed by atoms with van der Waals surface area (Å²) in [6.07, 6.45) is 3.75. The van der Waals surface area contributed by atoms with Crippen LogP contribution in [0, 0.1) is 5.92 Å². The Morgan fingerprint density at radius 3 is 2.21 bits per heavy atom. The highest BCUT2D eigenvalue weighted by atomic mass is 16.5. The fourth-order valence-electron chi connectivity index (χ4n) is 5.32. The van der Waals surface area contributed by atoms with Crippen LogP contribution in [0.25, 0.3) is 0 Å². The molecule has 1 N–H and O–H groups in total. The zero-order valence-electron chi connectivity index (χ0n) is 20.7. The molecule has 3 aromatic carbocycles. The molecule has 0 spiro atoms. The summed E-state index contributed by atoms with van der Waals surface area (Å²) in [5.41, 5.74) is 5.21. The van der Waals surface area contributed by atoms with E-state index < -0.39 is 6.10 Å². The molecular formula is C31H39NO2. The van der Waals surface area contributed by atoms with Gasteiger partial charge in [0.15, 0.2) is 0 Å². The van der Waals surface area contributed by atoms with Gasteiger partial charge in [-0.2, -0.15) is 0 Å². The number of piperidine rings is 1. The Hall–Kier alpha value is -2.62. The smallest absolute Gasteiger partial charge is 0.119 e. The summed E-state index contributed by atoms with van der Waals surface area (Å²) in [4.78, 5) is 2.52.